The third-order valence-electron chi connectivity index (χ3n) is 2.13. The second-order valence-corrected chi connectivity index (χ2v) is 4.58. The summed E-state index contributed by atoms with van der Waals surface area (Å²) in [6.45, 7) is 0.519. The highest BCUT2D eigenvalue weighted by molar-refractivity contribution is 7.99. The summed E-state index contributed by atoms with van der Waals surface area (Å²) < 4.78 is 4.35. The SMILES string of the molecule is Nc1nonc1C(=O)NCCSc1ccccc1. The molecule has 18 heavy (non-hydrogen) atoms. The molecule has 1 aromatic heterocycles. The number of carbonyl (C=O) groups excluding carboxylic acids is 1. The van der Waals surface area contributed by atoms with E-state index in [1.807, 2.05) is 30.3 Å². The van der Waals surface area contributed by atoms with Crippen LogP contribution >= 0.6 is 11.8 Å². The Bertz CT molecular complexity index is 515. The Morgan fingerprint density at radius 1 is 1.33 bits per heavy atom. The van der Waals surface area contributed by atoms with Crippen molar-refractivity contribution in [2.45, 2.75) is 4.90 Å². The molecule has 0 bridgehead atoms. The molecule has 0 radical (unpaired) electrons. The maximum Gasteiger partial charge on any atom is 0.277 e. The molecule has 0 aliphatic rings. The zero-order chi connectivity index (χ0) is 12.8. The van der Waals surface area contributed by atoms with E-state index in [0.29, 0.717) is 6.54 Å². The third kappa shape index (κ3) is 3.24. The van der Waals surface area contributed by atoms with Crippen LogP contribution in [-0.2, 0) is 0 Å². The highest BCUT2D eigenvalue weighted by atomic mass is 32.2. The van der Waals surface area contributed by atoms with Crippen LogP contribution in [0.2, 0.25) is 0 Å². The summed E-state index contributed by atoms with van der Waals surface area (Å²) in [6.07, 6.45) is 0. The molecular weight excluding hydrogens is 252 g/mol. The van der Waals surface area contributed by atoms with Crippen molar-refractivity contribution < 1.29 is 9.42 Å². The number of anilines is 1. The van der Waals surface area contributed by atoms with Crippen LogP contribution < -0.4 is 11.1 Å². The van der Waals surface area contributed by atoms with Gasteiger partial charge in [-0.3, -0.25) is 4.79 Å². The van der Waals surface area contributed by atoms with Crippen LogP contribution in [0.3, 0.4) is 0 Å². The number of rotatable bonds is 5. The number of nitrogens with one attached hydrogen (secondary N) is 1. The van der Waals surface area contributed by atoms with Gasteiger partial charge in [0, 0.05) is 17.2 Å². The number of amides is 1. The Morgan fingerprint density at radius 2 is 2.11 bits per heavy atom. The van der Waals surface area contributed by atoms with Gasteiger partial charge in [0.25, 0.3) is 5.91 Å². The zero-order valence-corrected chi connectivity index (χ0v) is 10.3. The quantitative estimate of drug-likeness (QED) is 0.622. The van der Waals surface area contributed by atoms with Crippen molar-refractivity contribution in [1.82, 2.24) is 15.6 Å². The molecule has 2 aromatic rings. The van der Waals surface area contributed by atoms with Gasteiger partial charge >= 0.3 is 0 Å². The van der Waals surface area contributed by atoms with Crippen LogP contribution in [0.25, 0.3) is 0 Å². The second kappa shape index (κ2) is 6.06. The molecule has 0 fully saturated rings. The Balaban J connectivity index is 1.73. The molecule has 0 saturated carbocycles. The Hall–Kier alpha value is -2.02. The van der Waals surface area contributed by atoms with Gasteiger partial charge in [-0.25, -0.2) is 4.63 Å². The number of carbonyl (C=O) groups is 1. The van der Waals surface area contributed by atoms with E-state index in [4.69, 9.17) is 5.73 Å². The van der Waals surface area contributed by atoms with E-state index in [9.17, 15) is 4.79 Å². The van der Waals surface area contributed by atoms with Crippen molar-refractivity contribution in [2.75, 3.05) is 18.0 Å². The third-order valence-corrected chi connectivity index (χ3v) is 3.14. The highest BCUT2D eigenvalue weighted by Gasteiger charge is 2.14. The normalized spacial score (nSPS) is 10.2. The first-order chi connectivity index (χ1) is 8.77. The summed E-state index contributed by atoms with van der Waals surface area (Å²) in [5.41, 5.74) is 5.43. The predicted octanol–water partition coefficient (Wildman–Crippen LogP) is 1.17. The van der Waals surface area contributed by atoms with E-state index in [-0.39, 0.29) is 17.4 Å². The number of nitrogen functional groups attached to an aromatic ring is 1. The van der Waals surface area contributed by atoms with Crippen molar-refractivity contribution >= 4 is 23.5 Å². The van der Waals surface area contributed by atoms with Crippen LogP contribution in [-0.4, -0.2) is 28.5 Å². The lowest BCUT2D eigenvalue weighted by molar-refractivity contribution is 0.0947. The molecule has 1 amide bonds. The molecular formula is C11H12N4O2S. The molecule has 1 aromatic carbocycles. The second-order valence-electron chi connectivity index (χ2n) is 3.42. The molecule has 0 aliphatic heterocycles. The van der Waals surface area contributed by atoms with Crippen molar-refractivity contribution in [3.63, 3.8) is 0 Å². The number of hydrogen-bond acceptors (Lipinski definition) is 6. The zero-order valence-electron chi connectivity index (χ0n) is 9.50. The lowest BCUT2D eigenvalue weighted by atomic mass is 10.4. The van der Waals surface area contributed by atoms with Crippen LogP contribution in [0.4, 0.5) is 5.82 Å². The Labute approximate surface area is 108 Å². The van der Waals surface area contributed by atoms with Crippen LogP contribution in [0.15, 0.2) is 39.9 Å². The van der Waals surface area contributed by atoms with Gasteiger partial charge < -0.3 is 11.1 Å². The average molecular weight is 264 g/mol. The Kier molecular flexibility index (Phi) is 4.19. The number of nitrogens with zero attached hydrogens (tertiary/aromatic N) is 2. The minimum atomic E-state index is -0.373. The number of aromatic nitrogens is 2. The first-order valence-corrected chi connectivity index (χ1v) is 6.30. The van der Waals surface area contributed by atoms with E-state index in [1.165, 1.54) is 0 Å². The van der Waals surface area contributed by atoms with E-state index >= 15 is 0 Å². The summed E-state index contributed by atoms with van der Waals surface area (Å²) in [5.74, 6) is 0.395. The fraction of sp³-hybridized carbons (Fsp3) is 0.182. The van der Waals surface area contributed by atoms with E-state index in [1.54, 1.807) is 11.8 Å². The fourth-order valence-electron chi connectivity index (χ4n) is 1.29. The number of hydrogen-bond donors (Lipinski definition) is 2. The molecule has 6 nitrogen and oxygen atoms in total. The summed E-state index contributed by atoms with van der Waals surface area (Å²) in [7, 11) is 0. The first kappa shape index (κ1) is 12.4. The smallest absolute Gasteiger partial charge is 0.277 e. The highest BCUT2D eigenvalue weighted by Crippen LogP contribution is 2.15. The van der Waals surface area contributed by atoms with Gasteiger partial charge in [-0.05, 0) is 22.4 Å². The molecule has 94 valence electrons. The van der Waals surface area contributed by atoms with Crippen molar-refractivity contribution in [1.29, 1.82) is 0 Å². The van der Waals surface area contributed by atoms with E-state index in [0.717, 1.165) is 10.6 Å². The molecule has 0 atom stereocenters. The molecule has 0 spiro atoms. The topological polar surface area (TPSA) is 94.0 Å². The standard InChI is InChI=1S/C11H12N4O2S/c12-10-9(14-17-15-10)11(16)13-6-7-18-8-4-2-1-3-5-8/h1-5H,6-7H2,(H2,12,15)(H,13,16). The van der Waals surface area contributed by atoms with Crippen LogP contribution in [0, 0.1) is 0 Å². The monoisotopic (exact) mass is 264 g/mol. The van der Waals surface area contributed by atoms with Gasteiger partial charge in [-0.1, -0.05) is 18.2 Å². The van der Waals surface area contributed by atoms with Gasteiger partial charge in [0.2, 0.25) is 11.5 Å². The van der Waals surface area contributed by atoms with Crippen molar-refractivity contribution in [2.24, 2.45) is 0 Å². The number of thioether (sulfide) groups is 1. The van der Waals surface area contributed by atoms with E-state index in [2.05, 4.69) is 20.3 Å². The maximum atomic E-state index is 11.6. The lowest BCUT2D eigenvalue weighted by Crippen LogP contribution is -2.26. The first-order valence-electron chi connectivity index (χ1n) is 5.31. The van der Waals surface area contributed by atoms with Gasteiger partial charge in [0.05, 0.1) is 0 Å². The summed E-state index contributed by atoms with van der Waals surface area (Å²) in [4.78, 5) is 12.7. The summed E-state index contributed by atoms with van der Waals surface area (Å²) in [5, 5.41) is 9.46. The summed E-state index contributed by atoms with van der Waals surface area (Å²) in [6, 6.07) is 9.95. The minimum absolute atomic E-state index is 0.00297. The molecule has 7 heteroatoms. The van der Waals surface area contributed by atoms with Gasteiger partial charge in [0.15, 0.2) is 0 Å². The molecule has 2 rings (SSSR count). The Morgan fingerprint density at radius 3 is 2.78 bits per heavy atom. The average Bonchev–Trinajstić information content (AvgIpc) is 2.82. The molecule has 0 saturated heterocycles. The maximum absolute atomic E-state index is 11.6. The molecule has 1 heterocycles. The van der Waals surface area contributed by atoms with Crippen molar-refractivity contribution in [3.05, 3.63) is 36.0 Å². The number of nitrogens with two attached hydrogens (primary N) is 1. The van der Waals surface area contributed by atoms with Gasteiger partial charge in [-0.15, -0.1) is 11.8 Å². The molecule has 3 N–H and O–H groups in total. The number of benzene rings is 1. The molecule has 0 aliphatic carbocycles. The summed E-state index contributed by atoms with van der Waals surface area (Å²) >= 11 is 1.66. The minimum Gasteiger partial charge on any atom is -0.379 e. The van der Waals surface area contributed by atoms with E-state index < -0.39 is 0 Å². The fourth-order valence-corrected chi connectivity index (χ4v) is 2.08. The lowest BCUT2D eigenvalue weighted by Gasteiger charge is -2.03. The largest absolute Gasteiger partial charge is 0.379 e. The van der Waals surface area contributed by atoms with Crippen LogP contribution in [0.1, 0.15) is 10.5 Å². The van der Waals surface area contributed by atoms with Gasteiger partial charge in [-0.2, -0.15) is 0 Å². The van der Waals surface area contributed by atoms with Crippen LogP contribution in [0.5, 0.6) is 0 Å². The van der Waals surface area contributed by atoms with Gasteiger partial charge in [0.1, 0.15) is 0 Å². The van der Waals surface area contributed by atoms with Crippen molar-refractivity contribution in [3.8, 4) is 0 Å². The predicted molar refractivity (Wildman–Crippen MR) is 68.2 cm³/mol. The molecule has 0 unspecified atom stereocenters.